The molecule has 0 nitrogen and oxygen atoms in total. The largest absolute Gasteiger partial charge is 0.138 e. The van der Waals surface area contributed by atoms with Gasteiger partial charge in [-0.2, -0.15) is 0 Å². The van der Waals surface area contributed by atoms with Crippen molar-refractivity contribution < 1.29 is 0 Å². The van der Waals surface area contributed by atoms with Gasteiger partial charge in [-0.1, -0.05) is 13.8 Å². The fraction of sp³-hybridized carbons (Fsp3) is 1.00. The number of hydrogen-bond acceptors (Lipinski definition) is 0. The summed E-state index contributed by atoms with van der Waals surface area (Å²) in [5.74, 6) is 0. The van der Waals surface area contributed by atoms with Crippen molar-refractivity contribution in [2.24, 2.45) is 0 Å². The normalized spacial score (nSPS) is 6.00. The summed E-state index contributed by atoms with van der Waals surface area (Å²) in [6.07, 6.45) is 2.33. The van der Waals surface area contributed by atoms with E-state index in [0.29, 0.717) is 0 Å². The van der Waals surface area contributed by atoms with Gasteiger partial charge in [0.15, 0.2) is 0 Å². The van der Waals surface area contributed by atoms with Crippen molar-refractivity contribution in [3.8, 4) is 0 Å². The van der Waals surface area contributed by atoms with Crippen LogP contribution in [0.15, 0.2) is 0 Å². The van der Waals surface area contributed by atoms with E-state index < -0.39 is 0 Å². The molecule has 0 rings (SSSR count). The lowest BCUT2D eigenvalue weighted by Gasteiger charge is -1.49. The van der Waals surface area contributed by atoms with Crippen molar-refractivity contribution in [3.05, 3.63) is 0 Å². The lowest BCUT2D eigenvalue weighted by Crippen LogP contribution is -1.33. The maximum atomic E-state index is 2.58. The van der Waals surface area contributed by atoms with Crippen LogP contribution in [0, 0.1) is 0 Å². The van der Waals surface area contributed by atoms with Gasteiger partial charge in [-0.05, 0) is 12.3 Å². The van der Waals surface area contributed by atoms with Gasteiger partial charge in [0.2, 0.25) is 0 Å². The van der Waals surface area contributed by atoms with Crippen LogP contribution in [0.1, 0.15) is 13.8 Å². The predicted octanol–water partition coefficient (Wildman–Crippen LogP) is 1.76. The zero-order chi connectivity index (χ0) is 5.41. The molecule has 0 radical (unpaired) electrons. The third kappa shape index (κ3) is 97.9. The molecule has 0 aliphatic heterocycles. The Hall–Kier alpha value is 0.860. The van der Waals surface area contributed by atoms with E-state index >= 15 is 0 Å². The van der Waals surface area contributed by atoms with Crippen LogP contribution >= 0.6 is 18.5 Å². The topological polar surface area (TPSA) is 0 Å². The highest BCUT2D eigenvalue weighted by Gasteiger charge is 1.35. The van der Waals surface area contributed by atoms with Crippen molar-refractivity contribution in [1.82, 2.24) is 0 Å². The highest BCUT2D eigenvalue weighted by atomic mass is 31.0. The van der Waals surface area contributed by atoms with Gasteiger partial charge in [-0.15, -0.1) is 18.5 Å². The Morgan fingerprint density at radius 1 is 1.00 bits per heavy atom. The van der Waals surface area contributed by atoms with Gasteiger partial charge >= 0.3 is 0 Å². The third-order valence-electron chi connectivity index (χ3n) is 0. The summed E-state index contributed by atoms with van der Waals surface area (Å²) in [5.41, 5.74) is 0. The molecule has 0 aliphatic carbocycles. The SMILES string of the molecule is CCP.CCP. The number of rotatable bonds is 0. The van der Waals surface area contributed by atoms with E-state index in [9.17, 15) is 0 Å². The lowest BCUT2D eigenvalue weighted by molar-refractivity contribution is 1.53. The van der Waals surface area contributed by atoms with Crippen molar-refractivity contribution in [3.63, 3.8) is 0 Å². The van der Waals surface area contributed by atoms with E-state index in [4.69, 9.17) is 0 Å². The van der Waals surface area contributed by atoms with E-state index in [1.54, 1.807) is 0 Å². The molecule has 40 valence electrons. The average Bonchev–Trinajstić information content (AvgIpc) is 1.39. The van der Waals surface area contributed by atoms with Gasteiger partial charge in [-0.25, -0.2) is 0 Å². The van der Waals surface area contributed by atoms with Gasteiger partial charge in [0.25, 0.3) is 0 Å². The highest BCUT2D eigenvalue weighted by molar-refractivity contribution is 7.16. The molecule has 0 heterocycles. The molecule has 0 aromatic carbocycles. The maximum absolute atomic E-state index is 2.58. The Morgan fingerprint density at radius 2 is 1.00 bits per heavy atom. The first-order valence-electron chi connectivity index (χ1n) is 2.23. The molecule has 0 aromatic rings. The molecule has 2 unspecified atom stereocenters. The summed E-state index contributed by atoms with van der Waals surface area (Å²) in [4.78, 5) is 0. The van der Waals surface area contributed by atoms with E-state index in [2.05, 4.69) is 32.3 Å². The van der Waals surface area contributed by atoms with E-state index in [-0.39, 0.29) is 0 Å². The van der Waals surface area contributed by atoms with E-state index in [0.717, 1.165) is 0 Å². The Labute approximate surface area is 45.5 Å². The van der Waals surface area contributed by atoms with Crippen LogP contribution in [0.2, 0.25) is 0 Å². The monoisotopic (exact) mass is 124 g/mol. The summed E-state index contributed by atoms with van der Waals surface area (Å²) >= 11 is 0. The highest BCUT2D eigenvalue weighted by Crippen LogP contribution is 1.68. The lowest BCUT2D eigenvalue weighted by atomic mass is 11.0. The first kappa shape index (κ1) is 9.97. The van der Waals surface area contributed by atoms with Crippen molar-refractivity contribution in [1.29, 1.82) is 0 Å². The van der Waals surface area contributed by atoms with Gasteiger partial charge in [0, 0.05) is 0 Å². The minimum Gasteiger partial charge on any atom is -0.138 e. The van der Waals surface area contributed by atoms with Gasteiger partial charge < -0.3 is 0 Å². The quantitative estimate of drug-likeness (QED) is 0.431. The first-order valence-corrected chi connectivity index (χ1v) is 3.86. The standard InChI is InChI=1S/2C2H7P/c2*1-2-3/h2*2-3H2,1H3. The van der Waals surface area contributed by atoms with Crippen LogP contribution in [0.5, 0.6) is 0 Å². The van der Waals surface area contributed by atoms with Crippen LogP contribution < -0.4 is 0 Å². The summed E-state index contributed by atoms with van der Waals surface area (Å²) in [5, 5.41) is 0. The Morgan fingerprint density at radius 3 is 1.00 bits per heavy atom. The predicted molar refractivity (Wildman–Crippen MR) is 40.5 cm³/mol. The summed E-state index contributed by atoms with van der Waals surface area (Å²) in [7, 11) is 5.16. The van der Waals surface area contributed by atoms with E-state index in [1.165, 1.54) is 12.3 Å². The second-order valence-electron chi connectivity index (χ2n) is 0.816. The minimum atomic E-state index is 1.17. The fourth-order valence-corrected chi connectivity index (χ4v) is 0. The van der Waals surface area contributed by atoms with E-state index in [1.807, 2.05) is 0 Å². The molecule has 0 N–H and O–H groups in total. The van der Waals surface area contributed by atoms with Crippen LogP contribution in [-0.4, -0.2) is 12.3 Å². The van der Waals surface area contributed by atoms with Crippen LogP contribution in [0.4, 0.5) is 0 Å². The molecule has 0 aliphatic rings. The van der Waals surface area contributed by atoms with Gasteiger partial charge in [0.05, 0.1) is 0 Å². The Balaban J connectivity index is 0. The van der Waals surface area contributed by atoms with Crippen molar-refractivity contribution in [2.75, 3.05) is 12.3 Å². The van der Waals surface area contributed by atoms with Gasteiger partial charge in [0.1, 0.15) is 0 Å². The maximum Gasteiger partial charge on any atom is -0.0410 e. The first-order chi connectivity index (χ1) is 2.83. The van der Waals surface area contributed by atoms with Crippen LogP contribution in [0.3, 0.4) is 0 Å². The molecule has 0 amide bonds. The zero-order valence-corrected chi connectivity index (χ0v) is 6.88. The number of hydrogen-bond donors (Lipinski definition) is 0. The molecule has 0 saturated heterocycles. The minimum absolute atomic E-state index is 1.17. The molecule has 2 atom stereocenters. The summed E-state index contributed by atoms with van der Waals surface area (Å²) in [6, 6.07) is 0. The smallest absolute Gasteiger partial charge is 0.0410 e. The molecule has 6 heavy (non-hydrogen) atoms. The summed E-state index contributed by atoms with van der Waals surface area (Å²) < 4.78 is 0. The molecule has 0 saturated carbocycles. The molecular formula is C4H14P2. The van der Waals surface area contributed by atoms with Crippen molar-refractivity contribution in [2.45, 2.75) is 13.8 Å². The molecule has 0 spiro atoms. The van der Waals surface area contributed by atoms with Crippen molar-refractivity contribution >= 4 is 18.5 Å². The summed E-state index contributed by atoms with van der Waals surface area (Å²) in [6.45, 7) is 4.18. The zero-order valence-electron chi connectivity index (χ0n) is 4.57. The molecule has 2 heteroatoms. The van der Waals surface area contributed by atoms with Crippen LogP contribution in [-0.2, 0) is 0 Å². The average molecular weight is 124 g/mol. The molecule has 0 aromatic heterocycles. The second kappa shape index (κ2) is 16.9. The molecule has 0 fully saturated rings. The third-order valence-corrected chi connectivity index (χ3v) is 0. The van der Waals surface area contributed by atoms with Gasteiger partial charge in [-0.3, -0.25) is 0 Å². The molecule has 0 bridgehead atoms. The molecular weight excluding hydrogens is 110 g/mol. The fourth-order valence-electron chi connectivity index (χ4n) is 0. The Bertz CT molecular complexity index is 7.51. The Kier molecular flexibility index (Phi) is 28.1. The second-order valence-corrected chi connectivity index (χ2v) is 2.45. The van der Waals surface area contributed by atoms with Crippen LogP contribution in [0.25, 0.3) is 0 Å².